The van der Waals surface area contributed by atoms with Crippen molar-refractivity contribution in [3.63, 3.8) is 0 Å². The van der Waals surface area contributed by atoms with Crippen molar-refractivity contribution >= 4 is 17.4 Å². The first-order valence-electron chi connectivity index (χ1n) is 13.3. The van der Waals surface area contributed by atoms with E-state index in [-0.39, 0.29) is 29.2 Å². The Labute approximate surface area is 220 Å². The number of allylic oxidation sites excluding steroid dienone is 2. The Morgan fingerprint density at radius 2 is 1.81 bits per heavy atom. The number of quaternary nitrogens is 1. The summed E-state index contributed by atoms with van der Waals surface area (Å²) in [4.78, 5) is 28.9. The molecule has 2 amide bonds. The Balaban J connectivity index is 1.45. The summed E-state index contributed by atoms with van der Waals surface area (Å²) in [6.45, 7) is 14.9. The van der Waals surface area contributed by atoms with Crippen LogP contribution in [0.3, 0.4) is 0 Å². The van der Waals surface area contributed by atoms with E-state index in [4.69, 9.17) is 0 Å². The maximum absolute atomic E-state index is 13.8. The molecule has 3 heterocycles. The predicted molar refractivity (Wildman–Crippen MR) is 144 cm³/mol. The molecule has 2 aromatic rings. The number of aromatic nitrogens is 3. The number of rotatable bonds is 7. The number of hydrogen-bond donors (Lipinski definition) is 2. The van der Waals surface area contributed by atoms with Gasteiger partial charge in [-0.1, -0.05) is 64.1 Å². The zero-order valence-electron chi connectivity index (χ0n) is 23.2. The average molecular weight is 506 g/mol. The Bertz CT molecular complexity index is 1200. The lowest BCUT2D eigenvalue weighted by molar-refractivity contribution is -0.510. The lowest BCUT2D eigenvalue weighted by Gasteiger charge is -2.30. The summed E-state index contributed by atoms with van der Waals surface area (Å²) in [5.74, 6) is -0.166. The molecule has 8 nitrogen and oxygen atoms in total. The minimum absolute atomic E-state index is 0.00910. The summed E-state index contributed by atoms with van der Waals surface area (Å²) < 4.78 is 1.68. The van der Waals surface area contributed by atoms with Gasteiger partial charge in [-0.05, 0) is 43.7 Å². The molecule has 198 valence electrons. The lowest BCUT2D eigenvalue weighted by atomic mass is 9.93. The van der Waals surface area contributed by atoms with E-state index in [1.54, 1.807) is 9.58 Å². The number of nitrogens with zero attached hydrogens (tertiary/aromatic N) is 4. The molecule has 1 fully saturated rings. The molecule has 0 radical (unpaired) electrons. The molecule has 1 aromatic heterocycles. The molecule has 2 aliphatic rings. The molecule has 3 atom stereocenters. The van der Waals surface area contributed by atoms with Gasteiger partial charge in [0.25, 0.3) is 0 Å². The van der Waals surface area contributed by atoms with Crippen molar-refractivity contribution in [2.24, 2.45) is 5.92 Å². The Morgan fingerprint density at radius 1 is 1.11 bits per heavy atom. The first kappa shape index (κ1) is 26.8. The van der Waals surface area contributed by atoms with Crippen molar-refractivity contribution < 1.29 is 14.9 Å². The summed E-state index contributed by atoms with van der Waals surface area (Å²) in [7, 11) is 0. The molecule has 0 unspecified atom stereocenters. The van der Waals surface area contributed by atoms with Crippen LogP contribution in [0.2, 0.25) is 0 Å². The van der Waals surface area contributed by atoms with Crippen LogP contribution in [0.4, 0.5) is 0 Å². The van der Waals surface area contributed by atoms with Crippen LogP contribution in [0.1, 0.15) is 90.2 Å². The van der Waals surface area contributed by atoms with E-state index in [0.29, 0.717) is 13.0 Å². The van der Waals surface area contributed by atoms with Crippen molar-refractivity contribution in [1.29, 1.82) is 0 Å². The van der Waals surface area contributed by atoms with Crippen LogP contribution < -0.4 is 10.6 Å². The predicted octanol–water partition coefficient (Wildman–Crippen LogP) is 3.46. The topological polar surface area (TPSA) is 96.7 Å². The lowest BCUT2D eigenvalue weighted by Crippen LogP contribution is -2.69. The molecule has 2 aliphatic heterocycles. The van der Waals surface area contributed by atoms with Gasteiger partial charge in [-0.2, -0.15) is 0 Å². The second-order valence-electron chi connectivity index (χ2n) is 11.7. The largest absolute Gasteiger partial charge is 0.348 e. The Kier molecular flexibility index (Phi) is 7.69. The normalized spacial score (nSPS) is 19.6. The summed E-state index contributed by atoms with van der Waals surface area (Å²) in [6, 6.07) is 7.19. The smallest absolute Gasteiger partial charge is 0.248 e. The van der Waals surface area contributed by atoms with Crippen LogP contribution in [0.15, 0.2) is 48.4 Å². The Morgan fingerprint density at radius 3 is 2.38 bits per heavy atom. The van der Waals surface area contributed by atoms with Crippen LogP contribution in [-0.4, -0.2) is 44.3 Å². The maximum Gasteiger partial charge on any atom is 0.248 e. The third-order valence-electron chi connectivity index (χ3n) is 7.40. The van der Waals surface area contributed by atoms with E-state index >= 15 is 0 Å². The third-order valence-corrected chi connectivity index (χ3v) is 7.40. The van der Waals surface area contributed by atoms with Gasteiger partial charge in [-0.3, -0.25) is 14.9 Å². The van der Waals surface area contributed by atoms with Crippen molar-refractivity contribution in [2.75, 3.05) is 6.54 Å². The molecule has 0 saturated carbocycles. The minimum atomic E-state index is -0.499. The fraction of sp³-hybridized carbons (Fsp3) is 0.517. The van der Waals surface area contributed by atoms with Crippen molar-refractivity contribution in [1.82, 2.24) is 25.2 Å². The molecule has 37 heavy (non-hydrogen) atoms. The summed E-state index contributed by atoms with van der Waals surface area (Å²) in [5, 5.41) is 13.8. The highest BCUT2D eigenvalue weighted by Crippen LogP contribution is 2.29. The van der Waals surface area contributed by atoms with Gasteiger partial charge in [0, 0.05) is 29.3 Å². The molecule has 0 aliphatic carbocycles. The van der Waals surface area contributed by atoms with Crippen molar-refractivity contribution in [3.05, 3.63) is 65.3 Å². The number of likely N-dealkylation sites (tertiary alicyclic amines) is 1. The van der Waals surface area contributed by atoms with Gasteiger partial charge in [0.1, 0.15) is 24.5 Å². The van der Waals surface area contributed by atoms with E-state index < -0.39 is 12.1 Å². The van der Waals surface area contributed by atoms with Gasteiger partial charge in [0.2, 0.25) is 11.8 Å². The molecular formula is C29H41N6O2+. The molecule has 0 bridgehead atoms. The number of hydrogen-bond acceptors (Lipinski definition) is 4. The standard InChI is InChI=1S/C29H40N6O2/c1-18(2)26(35-17-25(32-33-35)29(5,6)7)28(37)34-14-8-9-24(34)27(36)31-20(4)21-10-12-22(13-11-21)23-16-30-15-19(23)3/h10-13,15-18,20,24,26,30H,8-9,14H2,1-7H3,(H,31,36)/p+1/t20-,24-,26-/m0/s1. The monoisotopic (exact) mass is 505 g/mol. The molecule has 0 spiro atoms. The second kappa shape index (κ2) is 10.6. The first-order chi connectivity index (χ1) is 17.5. The zero-order chi connectivity index (χ0) is 26.9. The maximum atomic E-state index is 13.8. The van der Waals surface area contributed by atoms with E-state index in [1.807, 2.05) is 27.0 Å². The van der Waals surface area contributed by atoms with E-state index in [1.165, 1.54) is 16.7 Å². The van der Waals surface area contributed by atoms with E-state index in [2.05, 4.69) is 85.3 Å². The molecule has 1 saturated heterocycles. The van der Waals surface area contributed by atoms with Gasteiger partial charge >= 0.3 is 0 Å². The van der Waals surface area contributed by atoms with Gasteiger partial charge in [-0.15, -0.1) is 5.10 Å². The highest BCUT2D eigenvalue weighted by molar-refractivity contribution is 5.90. The van der Waals surface area contributed by atoms with Crippen LogP contribution in [0, 0.1) is 5.92 Å². The van der Waals surface area contributed by atoms with E-state index in [9.17, 15) is 9.59 Å². The van der Waals surface area contributed by atoms with E-state index in [0.717, 1.165) is 17.7 Å². The SMILES string of the molecule is CC1=C[NH2+]C=C1c1ccc([C@H](C)NC(=O)[C@@H]2CCCN2C(=O)[C@H](C(C)C)n2cc(C(C)(C)C)nn2)cc1. The molecule has 1 aromatic carbocycles. The third kappa shape index (κ3) is 5.69. The first-order valence-corrected chi connectivity index (χ1v) is 13.3. The fourth-order valence-electron chi connectivity index (χ4n) is 5.11. The van der Waals surface area contributed by atoms with Crippen molar-refractivity contribution in [2.45, 2.75) is 84.8 Å². The number of amides is 2. The van der Waals surface area contributed by atoms with Gasteiger partial charge < -0.3 is 10.2 Å². The highest BCUT2D eigenvalue weighted by atomic mass is 16.2. The average Bonchev–Trinajstić information content (AvgIpc) is 3.59. The fourth-order valence-corrected chi connectivity index (χ4v) is 5.11. The number of benzene rings is 1. The summed E-state index contributed by atoms with van der Waals surface area (Å²) >= 11 is 0. The minimum Gasteiger partial charge on any atom is -0.348 e. The number of carbonyl (C=O) groups excluding carboxylic acids is 2. The second-order valence-corrected chi connectivity index (χ2v) is 11.7. The van der Waals surface area contributed by atoms with Gasteiger partial charge in [-0.25, -0.2) is 4.68 Å². The quantitative estimate of drug-likeness (QED) is 0.602. The number of nitrogens with two attached hydrogens (primary N) is 1. The van der Waals surface area contributed by atoms with Crippen LogP contribution in [0.5, 0.6) is 0 Å². The Hall–Kier alpha value is -3.26. The number of carbonyl (C=O) groups is 2. The summed E-state index contributed by atoms with van der Waals surface area (Å²) in [6.07, 6.45) is 7.57. The van der Waals surface area contributed by atoms with Crippen LogP contribution >= 0.6 is 0 Å². The van der Waals surface area contributed by atoms with Crippen LogP contribution in [0.25, 0.3) is 5.57 Å². The molecule has 4 rings (SSSR count). The summed E-state index contributed by atoms with van der Waals surface area (Å²) in [5.41, 5.74) is 5.37. The van der Waals surface area contributed by atoms with Gasteiger partial charge in [0.15, 0.2) is 0 Å². The van der Waals surface area contributed by atoms with Crippen molar-refractivity contribution in [3.8, 4) is 0 Å². The molecular weight excluding hydrogens is 464 g/mol. The zero-order valence-corrected chi connectivity index (χ0v) is 23.2. The number of nitrogens with one attached hydrogen (secondary N) is 1. The van der Waals surface area contributed by atoms with Gasteiger partial charge in [0.05, 0.1) is 11.7 Å². The molecule has 8 heteroatoms. The molecule has 3 N–H and O–H groups in total. The highest BCUT2D eigenvalue weighted by Gasteiger charge is 2.39. The van der Waals surface area contributed by atoms with Crippen LogP contribution in [-0.2, 0) is 15.0 Å².